The van der Waals surface area contributed by atoms with Gasteiger partial charge in [-0.15, -0.1) is 0 Å². The van der Waals surface area contributed by atoms with Crippen LogP contribution < -0.4 is 33.2 Å². The van der Waals surface area contributed by atoms with Crippen molar-refractivity contribution < 1.29 is 24.3 Å². The van der Waals surface area contributed by atoms with Crippen LogP contribution in [-0.2, 0) is 25.6 Å². The number of hydrogen-bond acceptors (Lipinski definition) is 6. The highest BCUT2D eigenvalue weighted by Crippen LogP contribution is 2.20. The lowest BCUT2D eigenvalue weighted by atomic mass is 9.96. The summed E-state index contributed by atoms with van der Waals surface area (Å²) < 4.78 is 0. The number of carbonyl (C=O) groups excluding carboxylic acids is 3. The number of guanidine groups is 1. The summed E-state index contributed by atoms with van der Waals surface area (Å²) in [5.74, 6) is -3.19. The van der Waals surface area contributed by atoms with Crippen molar-refractivity contribution in [3.63, 3.8) is 0 Å². The van der Waals surface area contributed by atoms with Gasteiger partial charge >= 0.3 is 5.97 Å². The summed E-state index contributed by atoms with van der Waals surface area (Å²) >= 11 is 0. The van der Waals surface area contributed by atoms with E-state index in [4.69, 9.17) is 17.2 Å². The predicted octanol–water partition coefficient (Wildman–Crippen LogP) is 0.723. The van der Waals surface area contributed by atoms with Crippen molar-refractivity contribution in [3.8, 4) is 0 Å². The summed E-state index contributed by atoms with van der Waals surface area (Å²) in [6.45, 7) is 7.73. The smallest absolute Gasteiger partial charge is 0.326 e. The minimum atomic E-state index is -1.16. The average Bonchev–Trinajstić information content (AvgIpc) is 3.34. The molecule has 0 fully saturated rings. The summed E-state index contributed by atoms with van der Waals surface area (Å²) in [7, 11) is 0. The number of carbonyl (C=O) groups is 4. The molecule has 0 bridgehead atoms. The largest absolute Gasteiger partial charge is 0.480 e. The Morgan fingerprint density at radius 2 is 1.64 bits per heavy atom. The molecule has 1 aromatic carbocycles. The molecule has 232 valence electrons. The number of amides is 3. The Morgan fingerprint density at radius 1 is 0.976 bits per heavy atom. The molecule has 2 rings (SSSR count). The minimum Gasteiger partial charge on any atom is -0.480 e. The van der Waals surface area contributed by atoms with Crippen LogP contribution in [0.2, 0.25) is 0 Å². The number of nitrogens with two attached hydrogens (primary N) is 3. The second-order valence-electron chi connectivity index (χ2n) is 11.1. The lowest BCUT2D eigenvalue weighted by molar-refractivity contribution is -0.142. The third-order valence-electron chi connectivity index (χ3n) is 7.15. The molecule has 0 saturated heterocycles. The Hall–Kier alpha value is -4.13. The fraction of sp³-hybridized carbons (Fsp3) is 0.552. The first-order chi connectivity index (χ1) is 19.8. The van der Waals surface area contributed by atoms with Crippen LogP contribution >= 0.6 is 0 Å². The number of aliphatic imine (C=N–C) groups is 1. The number of nitrogens with one attached hydrogen (secondary N) is 4. The van der Waals surface area contributed by atoms with E-state index >= 15 is 0 Å². The second kappa shape index (κ2) is 16.3. The van der Waals surface area contributed by atoms with E-state index < -0.39 is 47.9 Å². The molecule has 0 saturated carbocycles. The molecule has 1 heterocycles. The van der Waals surface area contributed by atoms with Gasteiger partial charge in [0.2, 0.25) is 17.7 Å². The number of H-pyrrole nitrogens is 1. The van der Waals surface area contributed by atoms with Gasteiger partial charge < -0.3 is 43.2 Å². The van der Waals surface area contributed by atoms with E-state index in [1.165, 1.54) is 0 Å². The van der Waals surface area contributed by atoms with Gasteiger partial charge in [-0.2, -0.15) is 0 Å². The van der Waals surface area contributed by atoms with Crippen molar-refractivity contribution in [1.82, 2.24) is 20.9 Å². The number of para-hydroxylation sites is 1. The third kappa shape index (κ3) is 10.4. The molecular weight excluding hydrogens is 540 g/mol. The Kier molecular flexibility index (Phi) is 13.3. The molecule has 5 atom stereocenters. The lowest BCUT2D eigenvalue weighted by Crippen LogP contribution is -2.59. The Labute approximate surface area is 246 Å². The zero-order valence-corrected chi connectivity index (χ0v) is 24.9. The predicted molar refractivity (Wildman–Crippen MR) is 162 cm³/mol. The molecule has 42 heavy (non-hydrogen) atoms. The Balaban J connectivity index is 2.27. The third-order valence-corrected chi connectivity index (χ3v) is 7.15. The molecule has 0 aliphatic rings. The van der Waals surface area contributed by atoms with Gasteiger partial charge in [0.25, 0.3) is 0 Å². The maximum atomic E-state index is 13.6. The molecule has 0 radical (unpaired) electrons. The highest BCUT2D eigenvalue weighted by atomic mass is 16.4. The number of aromatic nitrogens is 1. The highest BCUT2D eigenvalue weighted by molar-refractivity contribution is 5.95. The molecule has 13 heteroatoms. The Morgan fingerprint density at radius 3 is 2.26 bits per heavy atom. The van der Waals surface area contributed by atoms with Gasteiger partial charge in [-0.3, -0.25) is 19.4 Å². The summed E-state index contributed by atoms with van der Waals surface area (Å²) in [5, 5.41) is 18.7. The fourth-order valence-electron chi connectivity index (χ4n) is 4.57. The molecule has 0 aliphatic carbocycles. The number of benzene rings is 1. The van der Waals surface area contributed by atoms with Crippen LogP contribution in [0.15, 0.2) is 35.5 Å². The van der Waals surface area contributed by atoms with E-state index in [0.29, 0.717) is 25.8 Å². The molecule has 1 aromatic heterocycles. The van der Waals surface area contributed by atoms with Crippen LogP contribution in [-0.4, -0.2) is 70.5 Å². The maximum Gasteiger partial charge on any atom is 0.326 e. The summed E-state index contributed by atoms with van der Waals surface area (Å²) in [6, 6.07) is 3.43. The van der Waals surface area contributed by atoms with Gasteiger partial charge in [0.15, 0.2) is 5.96 Å². The number of carboxylic acid groups (broad SMARTS) is 1. The van der Waals surface area contributed by atoms with E-state index in [1.807, 2.05) is 52.0 Å². The van der Waals surface area contributed by atoms with Crippen LogP contribution in [0.5, 0.6) is 0 Å². The number of aromatic amines is 1. The molecular formula is C29H46N8O5. The first-order valence-corrected chi connectivity index (χ1v) is 14.3. The number of fused-ring (bicyclic) bond motifs is 1. The summed E-state index contributed by atoms with van der Waals surface area (Å²) in [5.41, 5.74) is 18.3. The molecule has 2 aromatic rings. The van der Waals surface area contributed by atoms with Gasteiger partial charge in [-0.1, -0.05) is 52.3 Å². The fourth-order valence-corrected chi connectivity index (χ4v) is 4.57. The van der Waals surface area contributed by atoms with Crippen molar-refractivity contribution in [1.29, 1.82) is 0 Å². The second-order valence-corrected chi connectivity index (χ2v) is 11.1. The number of aliphatic carboxylic acids is 1. The van der Waals surface area contributed by atoms with Gasteiger partial charge in [0.1, 0.15) is 18.1 Å². The normalized spacial score (nSPS) is 14.8. The van der Waals surface area contributed by atoms with Crippen molar-refractivity contribution in [3.05, 3.63) is 36.0 Å². The molecule has 13 nitrogen and oxygen atoms in total. The van der Waals surface area contributed by atoms with Crippen LogP contribution in [0.25, 0.3) is 10.9 Å². The molecule has 3 amide bonds. The zero-order chi connectivity index (χ0) is 31.4. The van der Waals surface area contributed by atoms with E-state index in [9.17, 15) is 24.3 Å². The monoisotopic (exact) mass is 586 g/mol. The van der Waals surface area contributed by atoms with Crippen molar-refractivity contribution in [2.45, 2.75) is 84.0 Å². The minimum absolute atomic E-state index is 0.0155. The topological polar surface area (TPSA) is 231 Å². The van der Waals surface area contributed by atoms with Gasteiger partial charge in [-0.05, 0) is 42.7 Å². The number of rotatable bonds is 17. The number of carboxylic acids is 1. The van der Waals surface area contributed by atoms with E-state index in [0.717, 1.165) is 16.5 Å². The van der Waals surface area contributed by atoms with Crippen LogP contribution in [0.1, 0.15) is 58.9 Å². The highest BCUT2D eigenvalue weighted by Gasteiger charge is 2.33. The van der Waals surface area contributed by atoms with Gasteiger partial charge in [0.05, 0.1) is 6.04 Å². The van der Waals surface area contributed by atoms with Crippen LogP contribution in [0, 0.1) is 11.8 Å². The van der Waals surface area contributed by atoms with Gasteiger partial charge in [0, 0.05) is 30.1 Å². The maximum absolute atomic E-state index is 13.6. The zero-order valence-electron chi connectivity index (χ0n) is 24.9. The van der Waals surface area contributed by atoms with E-state index in [1.54, 1.807) is 6.20 Å². The molecule has 11 N–H and O–H groups in total. The molecule has 5 unspecified atom stereocenters. The standard InChI is InChI=1S/C29H46N8O5/c1-5-17(4)24(37-25(38)20(30)10-8-12-33-29(31)32)27(40)35-22(26(39)36-23(28(41)42)13-16(2)3)14-18-15-34-21-11-7-6-9-19(18)21/h6-7,9,11,15-17,20,22-24,34H,5,8,10,12-14,30H2,1-4H3,(H,35,40)(H,36,39)(H,37,38)(H,41,42)(H4,31,32,33). The first-order valence-electron chi connectivity index (χ1n) is 14.3. The van der Waals surface area contributed by atoms with E-state index in [-0.39, 0.29) is 30.6 Å². The lowest BCUT2D eigenvalue weighted by Gasteiger charge is -2.28. The summed E-state index contributed by atoms with van der Waals surface area (Å²) in [4.78, 5) is 58.9. The molecule has 0 aliphatic heterocycles. The SMILES string of the molecule is CCC(C)C(NC(=O)C(N)CCCN=C(N)N)C(=O)NC(Cc1c[nH]c2ccccc12)C(=O)NC(CC(C)C)C(=O)O. The summed E-state index contributed by atoms with van der Waals surface area (Å²) in [6.07, 6.45) is 3.42. The average molecular weight is 587 g/mol. The van der Waals surface area contributed by atoms with Gasteiger partial charge in [-0.25, -0.2) is 4.79 Å². The van der Waals surface area contributed by atoms with Crippen molar-refractivity contribution >= 4 is 40.6 Å². The molecule has 0 spiro atoms. The van der Waals surface area contributed by atoms with Crippen molar-refractivity contribution in [2.75, 3.05) is 6.54 Å². The first kappa shape index (κ1) is 34.1. The van der Waals surface area contributed by atoms with Crippen molar-refractivity contribution in [2.24, 2.45) is 34.0 Å². The Bertz CT molecular complexity index is 1240. The van der Waals surface area contributed by atoms with E-state index in [2.05, 4.69) is 25.9 Å². The quantitative estimate of drug-likeness (QED) is 0.0746. The van der Waals surface area contributed by atoms with Crippen LogP contribution in [0.3, 0.4) is 0 Å². The number of hydrogen-bond donors (Lipinski definition) is 8. The van der Waals surface area contributed by atoms with Crippen LogP contribution in [0.4, 0.5) is 0 Å². The number of nitrogens with zero attached hydrogens (tertiary/aromatic N) is 1.